The van der Waals surface area contributed by atoms with Crippen LogP contribution in [0.3, 0.4) is 0 Å². The minimum atomic E-state index is -5.20. The zero-order valence-electron chi connectivity index (χ0n) is 63.3. The fraction of sp³-hybridized carbons (Fsp3) is 0.811. The molecule has 2 saturated heterocycles. The molecule has 8 rings (SSSR count). The molecule has 3 N–H and O–H groups in total. The Morgan fingerprint density at radius 3 is 1.80 bits per heavy atom. The van der Waals surface area contributed by atoms with Crippen LogP contribution in [0.5, 0.6) is 0 Å². The van der Waals surface area contributed by atoms with Gasteiger partial charge in [0.05, 0.1) is 25.4 Å². The molecule has 0 radical (unpaired) electrons. The van der Waals surface area contributed by atoms with Gasteiger partial charge < -0.3 is 60.0 Å². The second kappa shape index (κ2) is 35.5. The van der Waals surface area contributed by atoms with Crippen molar-refractivity contribution < 1.29 is 92.7 Å². The Morgan fingerprint density at radius 2 is 1.24 bits per heavy atom. The van der Waals surface area contributed by atoms with Crippen LogP contribution >= 0.6 is 0 Å². The summed E-state index contributed by atoms with van der Waals surface area (Å²) in [6, 6.07) is -11.0. The van der Waals surface area contributed by atoms with Gasteiger partial charge in [-0.25, -0.2) is 8.78 Å². The van der Waals surface area contributed by atoms with Crippen molar-refractivity contribution in [3.05, 3.63) is 12.2 Å². The SMILES string of the molecule is CC[C@H](C)[C@@H]1NC(=O)[C@H](C2CC2)N(C)C(=O)C[C@@H](C(=O)N(C)CC)N(C)C(=O)[C@H](C2CCCC2)N(C)C(=O)C2(CCC2)NC(=O)[C@@H]2C[C@H](C)CN2C(=O)[C@H](CCC2CC(F)C(C(F)(F)F)C(F)C2)NC(=O)CN(C)C(=O)[C@H](CC2CCC(C(F)(F)F)CC2)N2CC/C=C\C[C@@H](C2=O)N(C)C(=O)CN(C)C1=O. The van der Waals surface area contributed by atoms with E-state index in [-0.39, 0.29) is 96.2 Å². The Balaban J connectivity index is 1.18. The maximum atomic E-state index is 15.5. The van der Waals surface area contributed by atoms with E-state index in [1.807, 2.05) is 0 Å². The van der Waals surface area contributed by atoms with E-state index in [4.69, 9.17) is 0 Å². The number of hydrogen-bond acceptors (Lipinski definition) is 12. The summed E-state index contributed by atoms with van der Waals surface area (Å²) in [5.74, 6) is -17.0. The highest BCUT2D eigenvalue weighted by Gasteiger charge is 2.56. The van der Waals surface area contributed by atoms with Crippen LogP contribution in [0.2, 0.25) is 0 Å². The number of carbonyl (C=O) groups excluding carboxylic acids is 12. The molecular formula is C74H112F8N12O12. The maximum Gasteiger partial charge on any atom is 0.397 e. The van der Waals surface area contributed by atoms with E-state index in [9.17, 15) is 55.1 Å². The molecule has 2 bridgehead atoms. The Hall–Kier alpha value is -7.18. The van der Waals surface area contributed by atoms with Crippen molar-refractivity contribution in [3.63, 3.8) is 0 Å². The van der Waals surface area contributed by atoms with Crippen molar-refractivity contribution in [2.45, 2.75) is 254 Å². The maximum absolute atomic E-state index is 15.5. The van der Waals surface area contributed by atoms with E-state index in [0.717, 1.165) is 19.6 Å². The van der Waals surface area contributed by atoms with Gasteiger partial charge >= 0.3 is 12.4 Å². The standard InChI is InChI=1S/C74H112F8N12O12/c1-12-43(4)60-69(104)88(7)41-58(97)89(8)52-22-15-14-18-33-93(68(52)103)55(37-44-23-28-48(29-24-44)73(77,78)79)67(102)87(6)40-56(95)83-51(30-25-45-35-49(75)59(50(76)36-45)74(80,81)82)65(100)94-39-42(3)34-53(94)63(98)85-72(31-19-32-72)71(106)92(11)62(46-20-16-17-21-46)70(105)90(9)54(66(101)86(5)13-2)38-57(96)91(10)61(47-26-27-47)64(99)84-60/h14-15,42-55,59-62H,12-13,16-41H2,1-11H3,(H,83,95)(H,84,99)(H,85,98)/b15-14-/t42-,43-,44?,45?,48?,49?,50?,51-,52-,53-,54-,55-,59?,60-,61-,62-/m0/s1. The third kappa shape index (κ3) is 19.6. The Labute approximate surface area is 616 Å². The molecule has 3 aliphatic heterocycles. The predicted molar refractivity (Wildman–Crippen MR) is 373 cm³/mol. The van der Waals surface area contributed by atoms with Crippen LogP contribution < -0.4 is 16.0 Å². The number of carbonyl (C=O) groups is 12. The van der Waals surface area contributed by atoms with E-state index >= 15 is 37.5 Å². The average molecular weight is 1510 g/mol. The summed E-state index contributed by atoms with van der Waals surface area (Å²) >= 11 is 0. The highest BCUT2D eigenvalue weighted by Crippen LogP contribution is 2.46. The molecule has 7 fully saturated rings. The van der Waals surface area contributed by atoms with Gasteiger partial charge in [-0.2, -0.15) is 26.3 Å². The number of amides is 12. The normalized spacial score (nSPS) is 33.0. The first-order chi connectivity index (χ1) is 49.7. The van der Waals surface area contributed by atoms with Gasteiger partial charge in [0.2, 0.25) is 70.9 Å². The molecule has 5 saturated carbocycles. The lowest BCUT2D eigenvalue weighted by atomic mass is 9.74. The zero-order valence-corrected chi connectivity index (χ0v) is 63.3. The largest absolute Gasteiger partial charge is 0.397 e. The van der Waals surface area contributed by atoms with Gasteiger partial charge in [0.15, 0.2) is 0 Å². The molecule has 8 aliphatic rings. The number of halogens is 8. The summed E-state index contributed by atoms with van der Waals surface area (Å²) in [6.07, 6.45) is -10.7. The molecule has 2 unspecified atom stereocenters. The molecule has 12 atom stereocenters. The van der Waals surface area contributed by atoms with Gasteiger partial charge in [0.25, 0.3) is 0 Å². The van der Waals surface area contributed by atoms with E-state index in [1.54, 1.807) is 39.8 Å². The fourth-order valence-electron chi connectivity index (χ4n) is 17.2. The molecule has 32 heteroatoms. The monoisotopic (exact) mass is 1510 g/mol. The van der Waals surface area contributed by atoms with Crippen molar-refractivity contribution in [2.75, 3.05) is 82.1 Å². The van der Waals surface area contributed by atoms with Gasteiger partial charge in [-0.3, -0.25) is 57.5 Å². The Bertz CT molecular complexity index is 3220. The van der Waals surface area contributed by atoms with Gasteiger partial charge in [-0.1, -0.05) is 52.2 Å². The third-order valence-electron chi connectivity index (χ3n) is 24.5. The van der Waals surface area contributed by atoms with E-state index < -0.39 is 230 Å². The second-order valence-corrected chi connectivity index (χ2v) is 31.9. The summed E-state index contributed by atoms with van der Waals surface area (Å²) < 4.78 is 115. The average Bonchev–Trinajstić information content (AvgIpc) is 1.36. The molecule has 596 valence electrons. The number of alkyl halides is 8. The number of hydrogen-bond donors (Lipinski definition) is 3. The number of fused-ring (bicyclic) bond motifs is 3. The lowest BCUT2D eigenvalue weighted by Gasteiger charge is -2.47. The molecule has 0 aromatic heterocycles. The van der Waals surface area contributed by atoms with Gasteiger partial charge in [-0.15, -0.1) is 0 Å². The van der Waals surface area contributed by atoms with Crippen molar-refractivity contribution in [1.29, 1.82) is 0 Å². The number of likely N-dealkylation sites (N-methyl/N-ethyl adjacent to an activating group) is 7. The fourth-order valence-corrected chi connectivity index (χ4v) is 17.2. The lowest BCUT2D eigenvalue weighted by Crippen LogP contribution is -2.68. The number of rotatable bonds is 11. The van der Waals surface area contributed by atoms with Gasteiger partial charge in [0, 0.05) is 69.0 Å². The number of nitrogens with zero attached hydrogens (tertiary/aromatic N) is 9. The van der Waals surface area contributed by atoms with Gasteiger partial charge in [-0.05, 0) is 164 Å². The highest BCUT2D eigenvalue weighted by molar-refractivity contribution is 6.01. The first-order valence-corrected chi connectivity index (χ1v) is 38.1. The summed E-state index contributed by atoms with van der Waals surface area (Å²) in [7, 11) is 9.61. The molecule has 0 aromatic carbocycles. The molecule has 24 nitrogen and oxygen atoms in total. The summed E-state index contributed by atoms with van der Waals surface area (Å²) in [6.45, 7) is 5.37. The zero-order chi connectivity index (χ0) is 78.4. The van der Waals surface area contributed by atoms with Crippen LogP contribution in [0, 0.1) is 47.3 Å². The quantitative estimate of drug-likeness (QED) is 0.151. The van der Waals surface area contributed by atoms with Crippen LogP contribution in [-0.2, 0) is 57.5 Å². The Morgan fingerprint density at radius 1 is 0.623 bits per heavy atom. The smallest absolute Gasteiger partial charge is 0.344 e. The van der Waals surface area contributed by atoms with Crippen LogP contribution in [0.4, 0.5) is 35.1 Å². The number of nitrogens with one attached hydrogen (secondary N) is 3. The Kier molecular flexibility index (Phi) is 28.2. The molecule has 12 amide bonds. The van der Waals surface area contributed by atoms with Crippen LogP contribution in [0.15, 0.2) is 12.2 Å². The second-order valence-electron chi connectivity index (χ2n) is 31.9. The van der Waals surface area contributed by atoms with E-state index in [2.05, 4.69) is 16.0 Å². The summed E-state index contributed by atoms with van der Waals surface area (Å²) in [5, 5.41) is 8.46. The molecule has 106 heavy (non-hydrogen) atoms. The molecular weight excluding hydrogens is 1400 g/mol. The lowest BCUT2D eigenvalue weighted by molar-refractivity contribution is -0.219. The van der Waals surface area contributed by atoms with Crippen molar-refractivity contribution in [2.24, 2.45) is 47.3 Å². The predicted octanol–water partition coefficient (Wildman–Crippen LogP) is 6.34. The minimum Gasteiger partial charge on any atom is -0.344 e. The minimum absolute atomic E-state index is 0.00623. The van der Waals surface area contributed by atoms with Crippen LogP contribution in [0.25, 0.3) is 0 Å². The van der Waals surface area contributed by atoms with Crippen molar-refractivity contribution >= 4 is 70.9 Å². The van der Waals surface area contributed by atoms with E-state index in [0.29, 0.717) is 51.4 Å². The van der Waals surface area contributed by atoms with Crippen molar-refractivity contribution in [3.8, 4) is 0 Å². The molecule has 1 spiro atoms. The first-order valence-electron chi connectivity index (χ1n) is 38.1. The molecule has 0 aromatic rings. The van der Waals surface area contributed by atoms with Crippen molar-refractivity contribution in [1.82, 2.24) is 60.0 Å². The summed E-state index contributed by atoms with van der Waals surface area (Å²) in [5.41, 5.74) is -1.64. The van der Waals surface area contributed by atoms with Gasteiger partial charge in [0.1, 0.15) is 72.1 Å². The molecule has 5 aliphatic carbocycles. The third-order valence-corrected chi connectivity index (χ3v) is 24.5. The molecule has 3 heterocycles. The first kappa shape index (κ1) is 84.4. The summed E-state index contributed by atoms with van der Waals surface area (Å²) in [4.78, 5) is 191. The van der Waals surface area contributed by atoms with E-state index in [1.165, 1.54) is 73.8 Å². The van der Waals surface area contributed by atoms with Crippen LogP contribution in [-0.4, -0.2) is 276 Å². The highest BCUT2D eigenvalue weighted by atomic mass is 19.4. The van der Waals surface area contributed by atoms with Crippen LogP contribution in [0.1, 0.15) is 175 Å². The topological polar surface area (TPSA) is 270 Å².